The van der Waals surface area contributed by atoms with Gasteiger partial charge in [0, 0.05) is 34.4 Å². The lowest BCUT2D eigenvalue weighted by molar-refractivity contribution is 0.617. The fourth-order valence-corrected chi connectivity index (χ4v) is 2.79. The van der Waals surface area contributed by atoms with Crippen molar-refractivity contribution in [2.24, 2.45) is 4.99 Å². The van der Waals surface area contributed by atoms with E-state index in [0.29, 0.717) is 30.4 Å². The van der Waals surface area contributed by atoms with Crippen LogP contribution in [0.1, 0.15) is 38.8 Å². The molecule has 0 saturated heterocycles. The van der Waals surface area contributed by atoms with Gasteiger partial charge in [-0.2, -0.15) is 0 Å². The van der Waals surface area contributed by atoms with E-state index in [-0.39, 0.29) is 10.6 Å². The second-order valence-electron chi connectivity index (χ2n) is 6.37. The Hall–Kier alpha value is -1.43. The van der Waals surface area contributed by atoms with Crippen molar-refractivity contribution in [3.8, 4) is 0 Å². The molecule has 0 saturated carbocycles. The SMILES string of the molecule is CCNC(=NCc1ccc(F)c(C)c1)NCCS(=O)C(C)(C)C. The van der Waals surface area contributed by atoms with Gasteiger partial charge in [-0.1, -0.05) is 12.1 Å². The van der Waals surface area contributed by atoms with E-state index in [2.05, 4.69) is 15.6 Å². The van der Waals surface area contributed by atoms with E-state index in [9.17, 15) is 8.60 Å². The Morgan fingerprint density at radius 1 is 1.30 bits per heavy atom. The molecule has 0 aliphatic carbocycles. The van der Waals surface area contributed by atoms with Gasteiger partial charge in [0.25, 0.3) is 0 Å². The van der Waals surface area contributed by atoms with E-state index in [1.54, 1.807) is 19.1 Å². The van der Waals surface area contributed by atoms with E-state index < -0.39 is 10.8 Å². The van der Waals surface area contributed by atoms with E-state index in [1.807, 2.05) is 27.7 Å². The van der Waals surface area contributed by atoms with Gasteiger partial charge in [-0.15, -0.1) is 0 Å². The Balaban J connectivity index is 2.59. The van der Waals surface area contributed by atoms with Crippen molar-refractivity contribution in [3.05, 3.63) is 35.1 Å². The molecule has 0 bridgehead atoms. The summed E-state index contributed by atoms with van der Waals surface area (Å²) in [6.07, 6.45) is 0. The number of nitrogens with one attached hydrogen (secondary N) is 2. The zero-order valence-electron chi connectivity index (χ0n) is 14.7. The molecule has 0 aliphatic heterocycles. The van der Waals surface area contributed by atoms with E-state index in [0.717, 1.165) is 12.1 Å². The number of hydrogen-bond donors (Lipinski definition) is 2. The first-order valence-corrected chi connectivity index (χ1v) is 9.21. The number of aliphatic imine (C=N–C) groups is 1. The van der Waals surface area contributed by atoms with Gasteiger partial charge in [-0.3, -0.25) is 4.21 Å². The van der Waals surface area contributed by atoms with Crippen molar-refractivity contribution in [1.29, 1.82) is 0 Å². The fraction of sp³-hybridized carbons (Fsp3) is 0.588. The van der Waals surface area contributed by atoms with Gasteiger partial charge in [-0.25, -0.2) is 9.38 Å². The monoisotopic (exact) mass is 341 g/mol. The highest BCUT2D eigenvalue weighted by atomic mass is 32.2. The second kappa shape index (κ2) is 9.01. The maximum Gasteiger partial charge on any atom is 0.191 e. The van der Waals surface area contributed by atoms with Crippen LogP contribution in [0.2, 0.25) is 0 Å². The van der Waals surface area contributed by atoms with Gasteiger partial charge < -0.3 is 10.6 Å². The van der Waals surface area contributed by atoms with Crippen LogP contribution in [0.5, 0.6) is 0 Å². The quantitative estimate of drug-likeness (QED) is 0.618. The molecule has 130 valence electrons. The highest BCUT2D eigenvalue weighted by Gasteiger charge is 2.18. The summed E-state index contributed by atoms with van der Waals surface area (Å²) in [4.78, 5) is 4.49. The summed E-state index contributed by atoms with van der Waals surface area (Å²) in [5.74, 6) is 1.05. The van der Waals surface area contributed by atoms with Crippen LogP contribution >= 0.6 is 0 Å². The summed E-state index contributed by atoms with van der Waals surface area (Å²) in [7, 11) is -0.890. The number of hydrogen-bond acceptors (Lipinski definition) is 2. The van der Waals surface area contributed by atoms with Crippen LogP contribution < -0.4 is 10.6 Å². The Morgan fingerprint density at radius 2 is 2.00 bits per heavy atom. The molecule has 0 spiro atoms. The number of benzene rings is 1. The molecule has 1 aromatic carbocycles. The van der Waals surface area contributed by atoms with E-state index in [1.165, 1.54) is 6.07 Å². The summed E-state index contributed by atoms with van der Waals surface area (Å²) in [5, 5.41) is 6.35. The maximum atomic E-state index is 13.3. The zero-order chi connectivity index (χ0) is 17.5. The van der Waals surface area contributed by atoms with Crippen molar-refractivity contribution >= 4 is 16.8 Å². The van der Waals surface area contributed by atoms with Gasteiger partial charge in [0.15, 0.2) is 5.96 Å². The third kappa shape index (κ3) is 7.12. The average Bonchev–Trinajstić information content (AvgIpc) is 2.47. The van der Waals surface area contributed by atoms with Gasteiger partial charge in [0.05, 0.1) is 6.54 Å². The molecule has 23 heavy (non-hydrogen) atoms. The molecule has 0 radical (unpaired) electrons. The molecule has 0 fully saturated rings. The van der Waals surface area contributed by atoms with Crippen LogP contribution in [-0.2, 0) is 17.3 Å². The van der Waals surface area contributed by atoms with Crippen molar-refractivity contribution in [2.75, 3.05) is 18.8 Å². The standard InChI is InChI=1S/C17H28FN3OS/c1-6-19-16(20-9-10-23(22)17(3,4)5)21-12-14-7-8-15(18)13(2)11-14/h7-8,11H,6,9-10,12H2,1-5H3,(H2,19,20,21). The summed E-state index contributed by atoms with van der Waals surface area (Å²) < 4.78 is 25.1. The lowest BCUT2D eigenvalue weighted by atomic mass is 10.1. The third-order valence-electron chi connectivity index (χ3n) is 3.25. The zero-order valence-corrected chi connectivity index (χ0v) is 15.5. The van der Waals surface area contributed by atoms with E-state index in [4.69, 9.17) is 0 Å². The van der Waals surface area contributed by atoms with Gasteiger partial charge in [-0.05, 0) is 51.8 Å². The van der Waals surface area contributed by atoms with Crippen LogP contribution in [0.25, 0.3) is 0 Å². The molecule has 2 N–H and O–H groups in total. The fourth-order valence-electron chi connectivity index (χ4n) is 1.89. The summed E-state index contributed by atoms with van der Waals surface area (Å²) in [6, 6.07) is 5.01. The number of nitrogens with zero attached hydrogens (tertiary/aromatic N) is 1. The number of guanidine groups is 1. The Bertz CT molecular complexity index is 567. The maximum absolute atomic E-state index is 13.3. The topological polar surface area (TPSA) is 53.5 Å². The normalized spacial score (nSPS) is 13.7. The van der Waals surface area contributed by atoms with Crippen molar-refractivity contribution in [2.45, 2.75) is 45.9 Å². The van der Waals surface area contributed by atoms with Crippen LogP contribution in [-0.4, -0.2) is 33.8 Å². The molecular weight excluding hydrogens is 313 g/mol. The Morgan fingerprint density at radius 3 is 2.57 bits per heavy atom. The summed E-state index contributed by atoms with van der Waals surface area (Å²) in [6.45, 7) is 11.5. The molecule has 6 heteroatoms. The number of halogens is 1. The Labute approximate surface area is 141 Å². The predicted octanol–water partition coefficient (Wildman–Crippen LogP) is 2.74. The lowest BCUT2D eigenvalue weighted by Gasteiger charge is -2.18. The first-order chi connectivity index (χ1) is 10.7. The Kier molecular flexibility index (Phi) is 7.68. The minimum absolute atomic E-state index is 0.201. The summed E-state index contributed by atoms with van der Waals surface area (Å²) >= 11 is 0. The molecular formula is C17H28FN3OS. The highest BCUT2D eigenvalue weighted by molar-refractivity contribution is 7.86. The molecule has 0 aromatic heterocycles. The van der Waals surface area contributed by atoms with Crippen molar-refractivity contribution < 1.29 is 8.60 Å². The predicted molar refractivity (Wildman–Crippen MR) is 96.7 cm³/mol. The summed E-state index contributed by atoms with van der Waals surface area (Å²) in [5.41, 5.74) is 1.58. The van der Waals surface area contributed by atoms with Gasteiger partial charge in [0.2, 0.25) is 0 Å². The van der Waals surface area contributed by atoms with Gasteiger partial charge >= 0.3 is 0 Å². The van der Waals surface area contributed by atoms with Crippen LogP contribution in [0.4, 0.5) is 4.39 Å². The molecule has 1 rings (SSSR count). The van der Waals surface area contributed by atoms with Crippen molar-refractivity contribution in [1.82, 2.24) is 10.6 Å². The first-order valence-electron chi connectivity index (χ1n) is 7.89. The molecule has 0 heterocycles. The molecule has 1 aromatic rings. The van der Waals surface area contributed by atoms with Crippen molar-refractivity contribution in [3.63, 3.8) is 0 Å². The molecule has 0 amide bonds. The molecule has 4 nitrogen and oxygen atoms in total. The van der Waals surface area contributed by atoms with Crippen LogP contribution in [0, 0.1) is 12.7 Å². The second-order valence-corrected chi connectivity index (χ2v) is 8.69. The van der Waals surface area contributed by atoms with Crippen LogP contribution in [0.15, 0.2) is 23.2 Å². The number of aryl methyl sites for hydroxylation is 1. The average molecular weight is 341 g/mol. The molecule has 0 aliphatic rings. The largest absolute Gasteiger partial charge is 0.357 e. The lowest BCUT2D eigenvalue weighted by Crippen LogP contribution is -2.40. The molecule has 1 unspecified atom stereocenters. The molecule has 1 atom stereocenters. The van der Waals surface area contributed by atoms with E-state index >= 15 is 0 Å². The third-order valence-corrected chi connectivity index (χ3v) is 5.19. The van der Waals surface area contributed by atoms with Gasteiger partial charge in [0.1, 0.15) is 5.82 Å². The van der Waals surface area contributed by atoms with Crippen LogP contribution in [0.3, 0.4) is 0 Å². The number of rotatable bonds is 6. The smallest absolute Gasteiger partial charge is 0.191 e. The first kappa shape index (κ1) is 19.6. The minimum Gasteiger partial charge on any atom is -0.357 e. The highest BCUT2D eigenvalue weighted by Crippen LogP contribution is 2.11. The minimum atomic E-state index is -0.890.